The molecule has 1 aromatic heterocycles. The van der Waals surface area contributed by atoms with E-state index in [0.717, 1.165) is 36.2 Å². The average molecular weight is 302 g/mol. The second kappa shape index (κ2) is 6.65. The first-order valence-corrected chi connectivity index (χ1v) is 7.86. The van der Waals surface area contributed by atoms with E-state index in [1.54, 1.807) is 18.3 Å². The average Bonchev–Trinajstić information content (AvgIpc) is 2.84. The fourth-order valence-corrected chi connectivity index (χ4v) is 3.97. The molecule has 0 fully saturated rings. The third kappa shape index (κ3) is 3.20. The number of thiophene rings is 1. The Balaban J connectivity index is 2.36. The molecule has 1 aliphatic rings. The standard InChI is InChI=1S/C16H18N2O2S/c1-3-8-18(10-11(2)16(19)20)15-13(9-17)12-6-4-5-7-14(12)21-15/h1,11H,4-8,10H2,2H3,(H,19,20). The number of fused-ring (bicyclic) bond motifs is 1. The third-order valence-electron chi connectivity index (χ3n) is 3.75. The van der Waals surface area contributed by atoms with Gasteiger partial charge in [0.15, 0.2) is 0 Å². The molecule has 0 spiro atoms. The van der Waals surface area contributed by atoms with E-state index in [1.165, 1.54) is 4.88 Å². The molecule has 110 valence electrons. The van der Waals surface area contributed by atoms with E-state index in [2.05, 4.69) is 12.0 Å². The van der Waals surface area contributed by atoms with Crippen LogP contribution in [0.3, 0.4) is 0 Å². The molecule has 5 heteroatoms. The van der Waals surface area contributed by atoms with Crippen LogP contribution in [-0.4, -0.2) is 24.2 Å². The van der Waals surface area contributed by atoms with E-state index >= 15 is 0 Å². The lowest BCUT2D eigenvalue weighted by Crippen LogP contribution is -2.32. The van der Waals surface area contributed by atoms with Crippen LogP contribution in [0.5, 0.6) is 0 Å². The molecule has 0 saturated heterocycles. The molecular weight excluding hydrogens is 284 g/mol. The Bertz CT molecular complexity index is 621. The summed E-state index contributed by atoms with van der Waals surface area (Å²) in [5.41, 5.74) is 1.84. The van der Waals surface area contributed by atoms with E-state index in [4.69, 9.17) is 11.5 Å². The van der Waals surface area contributed by atoms with E-state index in [0.29, 0.717) is 18.7 Å². The number of nitriles is 1. The van der Waals surface area contributed by atoms with E-state index in [9.17, 15) is 10.1 Å². The van der Waals surface area contributed by atoms with Gasteiger partial charge in [0, 0.05) is 11.4 Å². The van der Waals surface area contributed by atoms with Gasteiger partial charge in [-0.05, 0) is 31.2 Å². The van der Waals surface area contributed by atoms with Crippen LogP contribution in [0.4, 0.5) is 5.00 Å². The number of anilines is 1. The quantitative estimate of drug-likeness (QED) is 0.849. The van der Waals surface area contributed by atoms with E-state index < -0.39 is 11.9 Å². The molecule has 1 unspecified atom stereocenters. The molecule has 1 atom stereocenters. The van der Waals surface area contributed by atoms with Gasteiger partial charge in [-0.2, -0.15) is 5.26 Å². The highest BCUT2D eigenvalue weighted by Gasteiger charge is 2.25. The minimum atomic E-state index is -0.850. The minimum absolute atomic E-state index is 0.325. The number of aliphatic carboxylic acids is 1. The zero-order valence-electron chi connectivity index (χ0n) is 12.1. The van der Waals surface area contributed by atoms with E-state index in [1.807, 2.05) is 4.90 Å². The number of hydrogen-bond donors (Lipinski definition) is 1. The number of nitrogens with zero attached hydrogens (tertiary/aromatic N) is 2. The van der Waals surface area contributed by atoms with Gasteiger partial charge in [-0.1, -0.05) is 12.8 Å². The maximum absolute atomic E-state index is 11.1. The molecule has 1 aromatic rings. The number of carbonyl (C=O) groups is 1. The Morgan fingerprint density at radius 2 is 2.24 bits per heavy atom. The van der Waals surface area contributed by atoms with Gasteiger partial charge in [-0.15, -0.1) is 17.8 Å². The van der Waals surface area contributed by atoms with Crippen molar-refractivity contribution in [3.8, 4) is 18.4 Å². The van der Waals surface area contributed by atoms with Crippen molar-refractivity contribution in [2.45, 2.75) is 32.6 Å². The van der Waals surface area contributed by atoms with Crippen LogP contribution in [0, 0.1) is 29.6 Å². The first kappa shape index (κ1) is 15.4. The highest BCUT2D eigenvalue weighted by atomic mass is 32.1. The van der Waals surface area contributed by atoms with Crippen LogP contribution >= 0.6 is 11.3 Å². The molecule has 0 aromatic carbocycles. The summed E-state index contributed by atoms with van der Waals surface area (Å²) in [7, 11) is 0. The second-order valence-electron chi connectivity index (χ2n) is 5.33. The van der Waals surface area contributed by atoms with Crippen molar-refractivity contribution < 1.29 is 9.90 Å². The van der Waals surface area contributed by atoms with Gasteiger partial charge in [0.05, 0.1) is 18.0 Å². The van der Waals surface area contributed by atoms with Crippen molar-refractivity contribution >= 4 is 22.3 Å². The third-order valence-corrected chi connectivity index (χ3v) is 5.10. The molecule has 1 heterocycles. The Hall–Kier alpha value is -1.98. The molecule has 0 aliphatic heterocycles. The summed E-state index contributed by atoms with van der Waals surface area (Å²) in [6.45, 7) is 2.31. The summed E-state index contributed by atoms with van der Waals surface area (Å²) in [4.78, 5) is 14.2. The zero-order chi connectivity index (χ0) is 15.4. The number of aryl methyl sites for hydroxylation is 1. The van der Waals surface area contributed by atoms with Crippen molar-refractivity contribution in [2.75, 3.05) is 18.0 Å². The molecule has 1 aliphatic carbocycles. The zero-order valence-corrected chi connectivity index (χ0v) is 12.9. The molecule has 0 amide bonds. The fourth-order valence-electron chi connectivity index (χ4n) is 2.63. The van der Waals surface area contributed by atoms with Crippen LogP contribution < -0.4 is 4.90 Å². The summed E-state index contributed by atoms with van der Waals surface area (Å²) < 4.78 is 0. The first-order chi connectivity index (χ1) is 10.1. The summed E-state index contributed by atoms with van der Waals surface area (Å²) in [5.74, 6) is 1.20. The summed E-state index contributed by atoms with van der Waals surface area (Å²) >= 11 is 1.60. The van der Waals surface area contributed by atoms with Crippen molar-refractivity contribution in [3.05, 3.63) is 16.0 Å². The van der Waals surface area contributed by atoms with Gasteiger partial charge >= 0.3 is 5.97 Å². The number of hydrogen-bond acceptors (Lipinski definition) is 4. The molecule has 21 heavy (non-hydrogen) atoms. The Kier molecular flexibility index (Phi) is 4.88. The second-order valence-corrected chi connectivity index (χ2v) is 6.41. The summed E-state index contributed by atoms with van der Waals surface area (Å²) in [6, 6.07) is 2.30. The predicted octanol–water partition coefficient (Wildman–Crippen LogP) is 2.66. The number of carboxylic acid groups (broad SMARTS) is 1. The lowest BCUT2D eigenvalue weighted by atomic mass is 9.96. The lowest BCUT2D eigenvalue weighted by Gasteiger charge is -2.23. The van der Waals surface area contributed by atoms with Gasteiger partial charge < -0.3 is 10.0 Å². The highest BCUT2D eigenvalue weighted by Crippen LogP contribution is 2.39. The fraction of sp³-hybridized carbons (Fsp3) is 0.500. The predicted molar refractivity (Wildman–Crippen MR) is 83.5 cm³/mol. The number of terminal acetylenes is 1. The molecule has 2 rings (SSSR count). The van der Waals surface area contributed by atoms with Crippen molar-refractivity contribution in [3.63, 3.8) is 0 Å². The normalized spacial score (nSPS) is 14.6. The van der Waals surface area contributed by atoms with Crippen molar-refractivity contribution in [1.29, 1.82) is 5.26 Å². The van der Waals surface area contributed by atoms with Crippen LogP contribution in [0.15, 0.2) is 0 Å². The van der Waals surface area contributed by atoms with Gasteiger partial charge in [0.1, 0.15) is 11.1 Å². The Labute approximate surface area is 129 Å². The lowest BCUT2D eigenvalue weighted by molar-refractivity contribution is -0.140. The van der Waals surface area contributed by atoms with Gasteiger partial charge in [-0.25, -0.2) is 0 Å². The molecule has 0 bridgehead atoms. The smallest absolute Gasteiger partial charge is 0.308 e. The maximum Gasteiger partial charge on any atom is 0.308 e. The molecule has 1 N–H and O–H groups in total. The first-order valence-electron chi connectivity index (χ1n) is 7.04. The molecule has 4 nitrogen and oxygen atoms in total. The van der Waals surface area contributed by atoms with Gasteiger partial charge in [0.25, 0.3) is 0 Å². The summed E-state index contributed by atoms with van der Waals surface area (Å²) in [6.07, 6.45) is 9.62. The topological polar surface area (TPSA) is 64.3 Å². The number of rotatable bonds is 5. The Morgan fingerprint density at radius 3 is 2.86 bits per heavy atom. The van der Waals surface area contributed by atoms with Crippen LogP contribution in [0.2, 0.25) is 0 Å². The SMILES string of the molecule is C#CCN(CC(C)C(=O)O)c1sc2c(c1C#N)CCCC2. The van der Waals surface area contributed by atoms with Crippen molar-refractivity contribution in [1.82, 2.24) is 0 Å². The van der Waals surface area contributed by atoms with Crippen LogP contribution in [0.1, 0.15) is 35.8 Å². The monoisotopic (exact) mass is 302 g/mol. The number of carboxylic acids is 1. The molecule has 0 saturated carbocycles. The van der Waals surface area contributed by atoms with E-state index in [-0.39, 0.29) is 0 Å². The van der Waals surface area contributed by atoms with Crippen LogP contribution in [-0.2, 0) is 17.6 Å². The highest BCUT2D eigenvalue weighted by molar-refractivity contribution is 7.16. The van der Waals surface area contributed by atoms with Crippen LogP contribution in [0.25, 0.3) is 0 Å². The maximum atomic E-state index is 11.1. The van der Waals surface area contributed by atoms with Crippen molar-refractivity contribution in [2.24, 2.45) is 5.92 Å². The minimum Gasteiger partial charge on any atom is -0.481 e. The van der Waals surface area contributed by atoms with Gasteiger partial charge in [-0.3, -0.25) is 4.79 Å². The largest absolute Gasteiger partial charge is 0.481 e. The van der Waals surface area contributed by atoms with Gasteiger partial charge in [0.2, 0.25) is 0 Å². The molecular formula is C16H18N2O2S. The molecule has 0 radical (unpaired) electrons. The Morgan fingerprint density at radius 1 is 1.52 bits per heavy atom. The summed E-state index contributed by atoms with van der Waals surface area (Å²) in [5, 5.41) is 19.4.